The largest absolute Gasteiger partial charge is 0.191 e. The number of aromatic nitrogens is 1. The van der Waals surface area contributed by atoms with Crippen molar-refractivity contribution in [3.8, 4) is 0 Å². The maximum atomic E-state index is 5.63. The van der Waals surface area contributed by atoms with E-state index in [9.17, 15) is 0 Å². The summed E-state index contributed by atoms with van der Waals surface area (Å²) in [6, 6.07) is 8.26. The van der Waals surface area contributed by atoms with Gasteiger partial charge in [0.15, 0.2) is 0 Å². The van der Waals surface area contributed by atoms with Gasteiger partial charge in [0.2, 0.25) is 0 Å². The Morgan fingerprint density at radius 3 is 3.07 bits per heavy atom. The van der Waals surface area contributed by atoms with E-state index in [2.05, 4.69) is 22.6 Å². The predicted molar refractivity (Wildman–Crippen MR) is 65.7 cm³/mol. The molecule has 0 fully saturated rings. The summed E-state index contributed by atoms with van der Waals surface area (Å²) in [5.74, 6) is 1.82. The molecule has 1 nitrogen and oxygen atoms in total. The Bertz CT molecular complexity index is 413. The van der Waals surface area contributed by atoms with Crippen molar-refractivity contribution in [1.82, 2.24) is 4.37 Å². The molecule has 4 heteroatoms. The van der Waals surface area contributed by atoms with Crippen molar-refractivity contribution in [2.24, 2.45) is 0 Å². The Labute approximate surface area is 96.6 Å². The number of hydrogen-bond donors (Lipinski definition) is 0. The molecule has 1 aromatic carbocycles. The minimum atomic E-state index is 0.740. The topological polar surface area (TPSA) is 12.9 Å². The minimum absolute atomic E-state index is 0.740. The first-order valence-electron chi connectivity index (χ1n) is 4.45. The molecule has 2 aromatic rings. The van der Waals surface area contributed by atoms with E-state index in [-0.39, 0.29) is 0 Å². The molecular formula is C10H10ClNS2. The molecule has 0 bridgehead atoms. The van der Waals surface area contributed by atoms with Gasteiger partial charge in [-0.1, -0.05) is 18.2 Å². The van der Waals surface area contributed by atoms with Crippen LogP contribution in [0.25, 0.3) is 10.9 Å². The van der Waals surface area contributed by atoms with Gasteiger partial charge in [0, 0.05) is 11.3 Å². The Balaban J connectivity index is 2.17. The maximum absolute atomic E-state index is 5.63. The highest BCUT2D eigenvalue weighted by molar-refractivity contribution is 8.01. The molecule has 14 heavy (non-hydrogen) atoms. The van der Waals surface area contributed by atoms with Gasteiger partial charge in [-0.15, -0.1) is 23.4 Å². The quantitative estimate of drug-likeness (QED) is 0.457. The van der Waals surface area contributed by atoms with Gasteiger partial charge in [0.1, 0.15) is 0 Å². The highest BCUT2D eigenvalue weighted by Crippen LogP contribution is 2.31. The molecule has 0 unspecified atom stereocenters. The average Bonchev–Trinajstić information content (AvgIpc) is 2.63. The molecule has 0 aliphatic rings. The molecule has 0 aliphatic heterocycles. The van der Waals surface area contributed by atoms with E-state index in [1.165, 1.54) is 9.60 Å². The summed E-state index contributed by atoms with van der Waals surface area (Å²) in [4.78, 5) is 0. The SMILES string of the molecule is ClCCCSc1snc2ccccc12. The third kappa shape index (κ3) is 2.22. The summed E-state index contributed by atoms with van der Waals surface area (Å²) in [6.45, 7) is 0. The van der Waals surface area contributed by atoms with Crippen LogP contribution in [0.2, 0.25) is 0 Å². The van der Waals surface area contributed by atoms with Crippen molar-refractivity contribution in [3.63, 3.8) is 0 Å². The van der Waals surface area contributed by atoms with Crippen LogP contribution >= 0.6 is 34.9 Å². The Hall–Kier alpha value is -0.250. The zero-order valence-electron chi connectivity index (χ0n) is 7.57. The average molecular weight is 244 g/mol. The second-order valence-corrected chi connectivity index (χ2v) is 5.39. The van der Waals surface area contributed by atoms with Crippen LogP contribution < -0.4 is 0 Å². The minimum Gasteiger partial charge on any atom is -0.191 e. The summed E-state index contributed by atoms with van der Waals surface area (Å²) in [6.07, 6.45) is 1.05. The van der Waals surface area contributed by atoms with E-state index < -0.39 is 0 Å². The molecule has 0 aliphatic carbocycles. The van der Waals surface area contributed by atoms with Crippen molar-refractivity contribution in [3.05, 3.63) is 24.3 Å². The summed E-state index contributed by atoms with van der Waals surface area (Å²) >= 11 is 9.07. The lowest BCUT2D eigenvalue weighted by molar-refractivity contribution is 1.12. The maximum Gasteiger partial charge on any atom is 0.0885 e. The van der Waals surface area contributed by atoms with E-state index in [1.807, 2.05) is 17.8 Å². The van der Waals surface area contributed by atoms with Crippen LogP contribution in [0.3, 0.4) is 0 Å². The van der Waals surface area contributed by atoms with Crippen LogP contribution in [0.15, 0.2) is 28.5 Å². The molecule has 2 rings (SSSR count). The van der Waals surface area contributed by atoms with Gasteiger partial charge in [-0.3, -0.25) is 0 Å². The van der Waals surface area contributed by atoms with E-state index in [4.69, 9.17) is 11.6 Å². The van der Waals surface area contributed by atoms with Crippen molar-refractivity contribution in [2.75, 3.05) is 11.6 Å². The van der Waals surface area contributed by atoms with Crippen LogP contribution in [0.5, 0.6) is 0 Å². The standard InChI is InChI=1S/C10H10ClNS2/c11-6-3-7-13-10-8-4-1-2-5-9(8)12-14-10/h1-2,4-5H,3,6-7H2. The second-order valence-electron chi connectivity index (χ2n) is 2.88. The van der Waals surface area contributed by atoms with Crippen molar-refractivity contribution in [2.45, 2.75) is 10.6 Å². The lowest BCUT2D eigenvalue weighted by Crippen LogP contribution is -1.78. The second kappa shape index (κ2) is 5.01. The zero-order valence-corrected chi connectivity index (χ0v) is 9.96. The van der Waals surface area contributed by atoms with Gasteiger partial charge in [0.25, 0.3) is 0 Å². The van der Waals surface area contributed by atoms with Gasteiger partial charge in [-0.05, 0) is 29.8 Å². The first kappa shape index (κ1) is 10.3. The van der Waals surface area contributed by atoms with Gasteiger partial charge in [0.05, 0.1) is 9.73 Å². The van der Waals surface area contributed by atoms with Crippen LogP contribution in [0.4, 0.5) is 0 Å². The number of nitrogens with zero attached hydrogens (tertiary/aromatic N) is 1. The molecule has 0 atom stereocenters. The lowest BCUT2D eigenvalue weighted by atomic mass is 10.3. The number of fused-ring (bicyclic) bond motifs is 1. The van der Waals surface area contributed by atoms with Crippen molar-refractivity contribution < 1.29 is 0 Å². The van der Waals surface area contributed by atoms with Crippen molar-refractivity contribution in [1.29, 1.82) is 0 Å². The smallest absolute Gasteiger partial charge is 0.0885 e. The van der Waals surface area contributed by atoms with Crippen LogP contribution in [0.1, 0.15) is 6.42 Å². The molecule has 0 N–H and O–H groups in total. The lowest BCUT2D eigenvalue weighted by Gasteiger charge is -1.95. The van der Waals surface area contributed by atoms with Gasteiger partial charge >= 0.3 is 0 Å². The highest BCUT2D eigenvalue weighted by atomic mass is 35.5. The number of hydrogen-bond acceptors (Lipinski definition) is 3. The normalized spacial score (nSPS) is 10.9. The number of rotatable bonds is 4. The van der Waals surface area contributed by atoms with E-state index in [0.29, 0.717) is 0 Å². The first-order chi connectivity index (χ1) is 6.92. The van der Waals surface area contributed by atoms with E-state index in [1.54, 1.807) is 11.5 Å². The van der Waals surface area contributed by atoms with E-state index in [0.717, 1.165) is 23.6 Å². The summed E-state index contributed by atoms with van der Waals surface area (Å²) < 4.78 is 5.70. The summed E-state index contributed by atoms with van der Waals surface area (Å²) in [7, 11) is 0. The van der Waals surface area contributed by atoms with Gasteiger partial charge in [-0.2, -0.15) is 4.37 Å². The first-order valence-corrected chi connectivity index (χ1v) is 6.74. The van der Waals surface area contributed by atoms with Crippen LogP contribution in [-0.4, -0.2) is 16.0 Å². The van der Waals surface area contributed by atoms with E-state index >= 15 is 0 Å². The van der Waals surface area contributed by atoms with Gasteiger partial charge in [-0.25, -0.2) is 0 Å². The molecule has 1 aromatic heterocycles. The molecule has 0 saturated carbocycles. The molecule has 0 amide bonds. The Kier molecular flexibility index (Phi) is 3.67. The molecule has 1 heterocycles. The summed E-state index contributed by atoms with van der Waals surface area (Å²) in [5.41, 5.74) is 1.10. The number of halogens is 1. The van der Waals surface area contributed by atoms with Gasteiger partial charge < -0.3 is 0 Å². The number of thioether (sulfide) groups is 1. The number of benzene rings is 1. The molecule has 0 saturated heterocycles. The highest BCUT2D eigenvalue weighted by Gasteiger charge is 2.04. The molecule has 0 spiro atoms. The fraction of sp³-hybridized carbons (Fsp3) is 0.300. The fourth-order valence-corrected chi connectivity index (χ4v) is 3.47. The zero-order chi connectivity index (χ0) is 9.80. The number of alkyl halides is 1. The summed E-state index contributed by atoms with van der Waals surface area (Å²) in [5, 5.41) is 1.28. The Morgan fingerprint density at radius 1 is 1.36 bits per heavy atom. The van der Waals surface area contributed by atoms with Crippen LogP contribution in [0, 0.1) is 0 Å². The third-order valence-electron chi connectivity index (χ3n) is 1.86. The Morgan fingerprint density at radius 2 is 2.21 bits per heavy atom. The fourth-order valence-electron chi connectivity index (χ4n) is 1.19. The third-order valence-corrected chi connectivity index (χ3v) is 4.36. The molecular weight excluding hydrogens is 234 g/mol. The monoisotopic (exact) mass is 243 g/mol. The molecule has 0 radical (unpaired) electrons. The van der Waals surface area contributed by atoms with Crippen molar-refractivity contribution >= 4 is 45.8 Å². The van der Waals surface area contributed by atoms with Crippen LogP contribution in [-0.2, 0) is 0 Å². The molecule has 74 valence electrons. The predicted octanol–water partition coefficient (Wildman–Crippen LogP) is 4.02.